The molecule has 0 spiro atoms. The van der Waals surface area contributed by atoms with Crippen LogP contribution in [0.1, 0.15) is 30.7 Å². The molecule has 2 aliphatic heterocycles. The van der Waals surface area contributed by atoms with Crippen LogP contribution in [0.4, 0.5) is 0 Å². The maximum absolute atomic E-state index is 12.7. The molecule has 7 nitrogen and oxygen atoms in total. The van der Waals surface area contributed by atoms with Gasteiger partial charge in [-0.3, -0.25) is 4.79 Å². The molecular weight excluding hydrogens is 326 g/mol. The summed E-state index contributed by atoms with van der Waals surface area (Å²) >= 11 is 0. The van der Waals surface area contributed by atoms with Crippen molar-refractivity contribution in [1.29, 1.82) is 0 Å². The van der Waals surface area contributed by atoms with Crippen molar-refractivity contribution < 1.29 is 29.3 Å². The number of piperidine rings is 1. The monoisotopic (exact) mass is 347 g/mol. The molecule has 1 aromatic rings. The van der Waals surface area contributed by atoms with E-state index >= 15 is 0 Å². The molecule has 25 heavy (non-hydrogen) atoms. The molecule has 0 bridgehead atoms. The van der Waals surface area contributed by atoms with E-state index in [0.29, 0.717) is 13.2 Å². The number of ether oxygens (including phenoxy) is 2. The summed E-state index contributed by atoms with van der Waals surface area (Å²) in [6, 6.07) is 5.81. The van der Waals surface area contributed by atoms with Crippen LogP contribution < -0.4 is 9.47 Å². The summed E-state index contributed by atoms with van der Waals surface area (Å²) in [4.78, 5) is 25.4. The maximum atomic E-state index is 12.7. The van der Waals surface area contributed by atoms with Crippen LogP contribution in [0.2, 0.25) is 0 Å². The largest absolute Gasteiger partial charge is 0.486 e. The van der Waals surface area contributed by atoms with Crippen molar-refractivity contribution in [2.24, 2.45) is 5.92 Å². The van der Waals surface area contributed by atoms with Gasteiger partial charge in [0.05, 0.1) is 0 Å². The lowest BCUT2D eigenvalue weighted by Crippen LogP contribution is -2.51. The van der Waals surface area contributed by atoms with Gasteiger partial charge in [-0.1, -0.05) is 6.07 Å². The lowest BCUT2D eigenvalue weighted by Gasteiger charge is -2.35. The van der Waals surface area contributed by atoms with Crippen LogP contribution in [0.25, 0.3) is 0 Å². The van der Waals surface area contributed by atoms with E-state index < -0.39 is 11.6 Å². The topological polar surface area (TPSA) is 96.3 Å². The Morgan fingerprint density at radius 1 is 1.12 bits per heavy atom. The molecule has 2 N–H and O–H groups in total. The first-order valence-corrected chi connectivity index (χ1v) is 8.62. The smallest absolute Gasteiger partial charge is 0.335 e. The third-order valence-corrected chi connectivity index (χ3v) is 5.40. The molecule has 1 amide bonds. The number of likely N-dealkylation sites (tertiary alicyclic amines) is 1. The van der Waals surface area contributed by atoms with Crippen molar-refractivity contribution in [1.82, 2.24) is 4.90 Å². The second kappa shape index (κ2) is 5.91. The van der Waals surface area contributed by atoms with Crippen LogP contribution in [0.15, 0.2) is 18.2 Å². The van der Waals surface area contributed by atoms with Crippen molar-refractivity contribution >= 4 is 11.9 Å². The van der Waals surface area contributed by atoms with Crippen molar-refractivity contribution in [2.45, 2.75) is 30.8 Å². The molecule has 0 radical (unpaired) electrons. The van der Waals surface area contributed by atoms with Gasteiger partial charge in [-0.15, -0.1) is 0 Å². The first kappa shape index (κ1) is 16.2. The summed E-state index contributed by atoms with van der Waals surface area (Å²) < 4.78 is 11.1. The molecule has 2 heterocycles. The molecule has 7 heteroatoms. The minimum absolute atomic E-state index is 0.0485. The third-order valence-electron chi connectivity index (χ3n) is 5.40. The Labute approximate surface area is 145 Å². The van der Waals surface area contributed by atoms with Gasteiger partial charge in [0.2, 0.25) is 5.91 Å². The molecule has 1 aromatic carbocycles. The molecule has 1 saturated carbocycles. The minimum atomic E-state index is -1.70. The quantitative estimate of drug-likeness (QED) is 0.847. The van der Waals surface area contributed by atoms with Gasteiger partial charge in [0.25, 0.3) is 0 Å². The molecule has 4 rings (SSSR count). The van der Waals surface area contributed by atoms with Crippen LogP contribution in [0.5, 0.6) is 11.5 Å². The standard InChI is InChI=1S/C18H21NO6/c20-16(19-5-3-18(23,4-6-19)17(21)22)13-10-12(13)11-1-2-14-15(9-11)25-8-7-24-14/h1-2,9,12-13,23H,3-8,10H2,(H,21,22). The lowest BCUT2D eigenvalue weighted by atomic mass is 9.91. The Morgan fingerprint density at radius 2 is 1.80 bits per heavy atom. The van der Waals surface area contributed by atoms with Crippen molar-refractivity contribution in [3.63, 3.8) is 0 Å². The van der Waals surface area contributed by atoms with Gasteiger partial charge >= 0.3 is 5.97 Å². The predicted octanol–water partition coefficient (Wildman–Crippen LogP) is 0.999. The highest BCUT2D eigenvalue weighted by Crippen LogP contribution is 2.50. The Kier molecular flexibility index (Phi) is 3.83. The molecule has 3 aliphatic rings. The van der Waals surface area contributed by atoms with E-state index in [1.165, 1.54) is 0 Å². The highest BCUT2D eigenvalue weighted by atomic mass is 16.6. The van der Waals surface area contributed by atoms with E-state index in [-0.39, 0.29) is 43.7 Å². The molecule has 1 aliphatic carbocycles. The van der Waals surface area contributed by atoms with Gasteiger partial charge in [-0.25, -0.2) is 4.79 Å². The Bertz CT molecular complexity index is 710. The highest BCUT2D eigenvalue weighted by Gasteiger charge is 2.48. The Morgan fingerprint density at radius 3 is 2.48 bits per heavy atom. The second-order valence-electron chi connectivity index (χ2n) is 7.01. The van der Waals surface area contributed by atoms with Gasteiger partial charge in [0.15, 0.2) is 17.1 Å². The van der Waals surface area contributed by atoms with Crippen molar-refractivity contribution in [2.75, 3.05) is 26.3 Å². The van der Waals surface area contributed by atoms with E-state index in [0.717, 1.165) is 23.5 Å². The average Bonchev–Trinajstić information content (AvgIpc) is 3.42. The Hall–Kier alpha value is -2.28. The first-order chi connectivity index (χ1) is 12.0. The van der Waals surface area contributed by atoms with Crippen molar-refractivity contribution in [3.05, 3.63) is 23.8 Å². The lowest BCUT2D eigenvalue weighted by molar-refractivity contribution is -0.165. The van der Waals surface area contributed by atoms with Crippen LogP contribution in [-0.2, 0) is 9.59 Å². The number of hydrogen-bond acceptors (Lipinski definition) is 5. The summed E-state index contributed by atoms with van der Waals surface area (Å²) in [5.41, 5.74) is -0.628. The van der Waals surface area contributed by atoms with Crippen LogP contribution in [0, 0.1) is 5.92 Å². The number of hydrogen-bond donors (Lipinski definition) is 2. The number of benzene rings is 1. The van der Waals surface area contributed by atoms with E-state index in [2.05, 4.69) is 0 Å². The van der Waals surface area contributed by atoms with Gasteiger partial charge in [0, 0.05) is 31.8 Å². The first-order valence-electron chi connectivity index (χ1n) is 8.62. The number of aliphatic hydroxyl groups is 1. The summed E-state index contributed by atoms with van der Waals surface area (Å²) in [6.45, 7) is 1.65. The zero-order valence-corrected chi connectivity index (χ0v) is 13.8. The van der Waals surface area contributed by atoms with Gasteiger partial charge < -0.3 is 24.6 Å². The average molecular weight is 347 g/mol. The van der Waals surface area contributed by atoms with Gasteiger partial charge in [0.1, 0.15) is 13.2 Å². The molecule has 2 atom stereocenters. The highest BCUT2D eigenvalue weighted by molar-refractivity contribution is 5.84. The number of aliphatic carboxylic acids is 1. The van der Waals surface area contributed by atoms with Crippen LogP contribution in [-0.4, -0.2) is 58.9 Å². The second-order valence-corrected chi connectivity index (χ2v) is 7.01. The number of amides is 1. The number of carbonyl (C=O) groups is 2. The van der Waals surface area contributed by atoms with Gasteiger partial charge in [-0.05, 0) is 30.0 Å². The zero-order valence-electron chi connectivity index (χ0n) is 13.8. The summed E-state index contributed by atoms with van der Waals surface area (Å²) in [5.74, 6) is 0.406. The number of carboxylic acids is 1. The van der Waals surface area contributed by atoms with Crippen molar-refractivity contribution in [3.8, 4) is 11.5 Å². The molecule has 2 unspecified atom stereocenters. The molecule has 0 aromatic heterocycles. The van der Waals surface area contributed by atoms with Crippen LogP contribution in [0.3, 0.4) is 0 Å². The summed E-state index contributed by atoms with van der Waals surface area (Å²) in [7, 11) is 0. The zero-order chi connectivity index (χ0) is 17.6. The molecule has 2 fully saturated rings. The molecular formula is C18H21NO6. The number of carboxylic acid groups (broad SMARTS) is 1. The molecule has 134 valence electrons. The number of fused-ring (bicyclic) bond motifs is 1. The number of rotatable bonds is 3. The predicted molar refractivity (Wildman–Crippen MR) is 86.7 cm³/mol. The summed E-state index contributed by atoms with van der Waals surface area (Å²) in [5, 5.41) is 19.0. The fourth-order valence-corrected chi connectivity index (χ4v) is 3.67. The van der Waals surface area contributed by atoms with Gasteiger partial charge in [-0.2, -0.15) is 0 Å². The van der Waals surface area contributed by atoms with E-state index in [1.807, 2.05) is 18.2 Å². The fourth-order valence-electron chi connectivity index (χ4n) is 3.67. The van der Waals surface area contributed by atoms with E-state index in [9.17, 15) is 14.7 Å². The fraction of sp³-hybridized carbons (Fsp3) is 0.556. The SMILES string of the molecule is O=C(C1CC1c1ccc2c(c1)OCCO2)N1CCC(O)(C(=O)O)CC1. The summed E-state index contributed by atoms with van der Waals surface area (Å²) in [6.07, 6.45) is 0.948. The van der Waals surface area contributed by atoms with E-state index in [4.69, 9.17) is 14.6 Å². The minimum Gasteiger partial charge on any atom is -0.486 e. The Balaban J connectivity index is 1.39. The van der Waals surface area contributed by atoms with Crippen LogP contribution >= 0.6 is 0 Å². The third kappa shape index (κ3) is 2.93. The molecule has 1 saturated heterocycles. The number of nitrogens with zero attached hydrogens (tertiary/aromatic N) is 1. The maximum Gasteiger partial charge on any atom is 0.335 e. The van der Waals surface area contributed by atoms with E-state index in [1.54, 1.807) is 4.90 Å². The normalized spacial score (nSPS) is 26.8. The number of carbonyl (C=O) groups excluding carboxylic acids is 1.